The van der Waals surface area contributed by atoms with Crippen molar-refractivity contribution in [3.63, 3.8) is 0 Å². The molecule has 8 heteroatoms. The van der Waals surface area contributed by atoms with Gasteiger partial charge in [-0.1, -0.05) is 0 Å². The number of nitrogens with zero attached hydrogens (tertiary/aromatic N) is 2. The molecule has 3 N–H and O–H groups in total. The lowest BCUT2D eigenvalue weighted by Gasteiger charge is -2.02. The Morgan fingerprint density at radius 1 is 1.50 bits per heavy atom. The quantitative estimate of drug-likeness (QED) is 0.668. The maximum atomic E-state index is 12.0. The van der Waals surface area contributed by atoms with Gasteiger partial charge in [0.2, 0.25) is 5.76 Å². The molecule has 0 fully saturated rings. The number of carbonyl (C=O) groups excluding carboxylic acids is 1. The van der Waals surface area contributed by atoms with Crippen molar-refractivity contribution in [3.8, 4) is 0 Å². The van der Waals surface area contributed by atoms with Crippen LogP contribution < -0.4 is 5.32 Å². The molecule has 20 heavy (non-hydrogen) atoms. The molecule has 3 rings (SSSR count). The van der Waals surface area contributed by atoms with Crippen molar-refractivity contribution in [2.75, 3.05) is 5.32 Å². The Hall–Kier alpha value is -3.03. The van der Waals surface area contributed by atoms with Gasteiger partial charge in [0.15, 0.2) is 11.4 Å². The van der Waals surface area contributed by atoms with Gasteiger partial charge in [0.25, 0.3) is 5.91 Å². The predicted octanol–water partition coefficient (Wildman–Crippen LogP) is 1.44. The van der Waals surface area contributed by atoms with Crippen LogP contribution >= 0.6 is 0 Å². The van der Waals surface area contributed by atoms with Crippen molar-refractivity contribution in [1.29, 1.82) is 0 Å². The van der Waals surface area contributed by atoms with E-state index in [1.54, 1.807) is 29.9 Å². The summed E-state index contributed by atoms with van der Waals surface area (Å²) in [6, 6.07) is 4.71. The molecular weight excluding hydrogens is 264 g/mol. The number of rotatable bonds is 3. The molecule has 0 aliphatic rings. The molecule has 0 aliphatic heterocycles. The molecule has 0 atom stereocenters. The van der Waals surface area contributed by atoms with Crippen molar-refractivity contribution in [2.24, 2.45) is 7.05 Å². The van der Waals surface area contributed by atoms with Gasteiger partial charge in [-0.3, -0.25) is 9.89 Å². The van der Waals surface area contributed by atoms with Gasteiger partial charge in [-0.15, -0.1) is 0 Å². The van der Waals surface area contributed by atoms with E-state index in [0.717, 1.165) is 0 Å². The van der Waals surface area contributed by atoms with Crippen LogP contribution in [0.25, 0.3) is 11.1 Å². The third kappa shape index (κ3) is 1.83. The van der Waals surface area contributed by atoms with E-state index in [1.165, 1.54) is 6.07 Å². The largest absolute Gasteiger partial charge is 0.475 e. The predicted molar refractivity (Wildman–Crippen MR) is 68.7 cm³/mol. The van der Waals surface area contributed by atoms with Crippen molar-refractivity contribution >= 4 is 28.8 Å². The number of amides is 1. The topological polar surface area (TPSA) is 113 Å². The van der Waals surface area contributed by atoms with E-state index >= 15 is 0 Å². The summed E-state index contributed by atoms with van der Waals surface area (Å²) in [5.74, 6) is -1.62. The summed E-state index contributed by atoms with van der Waals surface area (Å²) < 4.78 is 6.79. The number of carboxylic acids is 1. The molecule has 0 saturated carbocycles. The number of carboxylic acid groups (broad SMARTS) is 1. The highest BCUT2D eigenvalue weighted by molar-refractivity contribution is 6.06. The number of fused-ring (bicyclic) bond motifs is 1. The molecule has 0 unspecified atom stereocenters. The first-order valence-electron chi connectivity index (χ1n) is 5.70. The Kier molecular flexibility index (Phi) is 2.56. The lowest BCUT2D eigenvalue weighted by molar-refractivity contribution is 0.0665. The zero-order valence-electron chi connectivity index (χ0n) is 10.4. The summed E-state index contributed by atoms with van der Waals surface area (Å²) in [7, 11) is 1.74. The maximum Gasteiger partial charge on any atom is 0.371 e. The van der Waals surface area contributed by atoms with Gasteiger partial charge < -0.3 is 19.4 Å². The highest BCUT2D eigenvalue weighted by Crippen LogP contribution is 2.24. The molecule has 1 amide bonds. The number of H-pyrrole nitrogens is 1. The van der Waals surface area contributed by atoms with Crippen molar-refractivity contribution in [3.05, 3.63) is 35.9 Å². The average Bonchev–Trinajstić information content (AvgIpc) is 3.05. The summed E-state index contributed by atoms with van der Waals surface area (Å²) in [6.45, 7) is 0. The first kappa shape index (κ1) is 12.0. The van der Waals surface area contributed by atoms with Gasteiger partial charge in [-0.05, 0) is 12.1 Å². The summed E-state index contributed by atoms with van der Waals surface area (Å²) in [5, 5.41) is 17.9. The van der Waals surface area contributed by atoms with Gasteiger partial charge in [0.1, 0.15) is 11.2 Å². The van der Waals surface area contributed by atoms with Crippen LogP contribution in [0.5, 0.6) is 0 Å². The Morgan fingerprint density at radius 3 is 2.95 bits per heavy atom. The van der Waals surface area contributed by atoms with Crippen LogP contribution in [0.4, 0.5) is 5.82 Å². The zero-order chi connectivity index (χ0) is 14.3. The van der Waals surface area contributed by atoms with Crippen molar-refractivity contribution in [2.45, 2.75) is 0 Å². The van der Waals surface area contributed by atoms with E-state index in [9.17, 15) is 9.59 Å². The molecule has 3 aromatic rings. The van der Waals surface area contributed by atoms with E-state index in [0.29, 0.717) is 11.2 Å². The van der Waals surface area contributed by atoms with Gasteiger partial charge >= 0.3 is 5.97 Å². The summed E-state index contributed by atoms with van der Waals surface area (Å²) in [5.41, 5.74) is 1.06. The smallest absolute Gasteiger partial charge is 0.371 e. The number of aryl methyl sites for hydroxylation is 1. The molecular formula is C12H10N4O4. The molecule has 3 heterocycles. The van der Waals surface area contributed by atoms with Crippen LogP contribution in [0.15, 0.2) is 28.8 Å². The Labute approximate surface area is 112 Å². The first-order chi connectivity index (χ1) is 9.56. The van der Waals surface area contributed by atoms with Crippen LogP contribution in [0, 0.1) is 0 Å². The number of aromatic nitrogens is 3. The number of anilines is 1. The van der Waals surface area contributed by atoms with Gasteiger partial charge in [0, 0.05) is 19.3 Å². The summed E-state index contributed by atoms with van der Waals surface area (Å²) in [4.78, 5) is 22.8. The minimum atomic E-state index is -1.19. The van der Waals surface area contributed by atoms with Crippen LogP contribution in [-0.2, 0) is 7.05 Å². The second kappa shape index (κ2) is 4.26. The minimum Gasteiger partial charge on any atom is -0.475 e. The van der Waals surface area contributed by atoms with Crippen LogP contribution in [0.3, 0.4) is 0 Å². The third-order valence-corrected chi connectivity index (χ3v) is 2.85. The highest BCUT2D eigenvalue weighted by atomic mass is 16.4. The minimum absolute atomic E-state index is 0.152. The molecule has 0 spiro atoms. The Balaban J connectivity index is 1.93. The van der Waals surface area contributed by atoms with E-state index in [4.69, 9.17) is 9.52 Å². The number of aromatic amines is 1. The zero-order valence-corrected chi connectivity index (χ0v) is 10.4. The van der Waals surface area contributed by atoms with Crippen LogP contribution in [0.1, 0.15) is 21.0 Å². The fraction of sp³-hybridized carbons (Fsp3) is 0.0833. The van der Waals surface area contributed by atoms with Crippen LogP contribution in [-0.4, -0.2) is 31.7 Å². The molecule has 0 saturated heterocycles. The molecule has 0 radical (unpaired) electrons. The lowest BCUT2D eigenvalue weighted by Crippen LogP contribution is -2.15. The molecule has 102 valence electrons. The van der Waals surface area contributed by atoms with E-state index in [2.05, 4.69) is 15.5 Å². The van der Waals surface area contributed by atoms with E-state index in [1.807, 2.05) is 0 Å². The fourth-order valence-corrected chi connectivity index (χ4v) is 1.88. The number of nitrogens with one attached hydrogen (secondary N) is 2. The standard InChI is InChI=1S/C12H10N4O4/c1-16-4-2-3-7(16)11(17)13-10-9-6(14-15-10)5-8(20-9)12(18)19/h2-5H,1H3,(H,18,19)(H2,13,14,15,17). The second-order valence-electron chi connectivity index (χ2n) is 4.19. The van der Waals surface area contributed by atoms with E-state index in [-0.39, 0.29) is 23.1 Å². The molecule has 0 aromatic carbocycles. The average molecular weight is 274 g/mol. The maximum absolute atomic E-state index is 12.0. The van der Waals surface area contributed by atoms with Crippen molar-refractivity contribution < 1.29 is 19.1 Å². The lowest BCUT2D eigenvalue weighted by atomic mass is 10.4. The third-order valence-electron chi connectivity index (χ3n) is 2.85. The van der Waals surface area contributed by atoms with Gasteiger partial charge in [-0.25, -0.2) is 4.79 Å². The SMILES string of the molecule is Cn1cccc1C(=O)Nc1n[nH]c2cc(C(=O)O)oc12. The van der Waals surface area contributed by atoms with Crippen molar-refractivity contribution in [1.82, 2.24) is 14.8 Å². The van der Waals surface area contributed by atoms with E-state index < -0.39 is 5.97 Å². The number of carbonyl (C=O) groups is 2. The molecule has 0 bridgehead atoms. The number of hydrogen-bond acceptors (Lipinski definition) is 4. The molecule has 3 aromatic heterocycles. The Bertz CT molecular complexity index is 811. The summed E-state index contributed by atoms with van der Waals surface area (Å²) in [6.07, 6.45) is 1.74. The second-order valence-corrected chi connectivity index (χ2v) is 4.19. The Morgan fingerprint density at radius 2 is 2.30 bits per heavy atom. The number of furan rings is 1. The normalized spacial score (nSPS) is 10.8. The van der Waals surface area contributed by atoms with Gasteiger partial charge in [0.05, 0.1) is 0 Å². The first-order valence-corrected chi connectivity index (χ1v) is 5.70. The van der Waals surface area contributed by atoms with Gasteiger partial charge in [-0.2, -0.15) is 5.10 Å². The fourth-order valence-electron chi connectivity index (χ4n) is 1.88. The monoisotopic (exact) mass is 274 g/mol. The number of aromatic carboxylic acids is 1. The summed E-state index contributed by atoms with van der Waals surface area (Å²) >= 11 is 0. The number of hydrogen-bond donors (Lipinski definition) is 3. The molecule has 0 aliphatic carbocycles. The molecule has 8 nitrogen and oxygen atoms in total. The highest BCUT2D eigenvalue weighted by Gasteiger charge is 2.18. The van der Waals surface area contributed by atoms with Crippen LogP contribution in [0.2, 0.25) is 0 Å².